The monoisotopic (exact) mass is 206 g/mol. The number of thiazole rings is 1. The third-order valence-corrected chi connectivity index (χ3v) is 2.45. The van der Waals surface area contributed by atoms with E-state index in [1.54, 1.807) is 12.4 Å². The second-order valence-electron chi connectivity index (χ2n) is 2.66. The number of aromatic nitrogens is 2. The Morgan fingerprint density at radius 1 is 1.79 bits per heavy atom. The zero-order valence-corrected chi connectivity index (χ0v) is 7.91. The topological polar surface area (TPSA) is 70.2 Å². The van der Waals surface area contributed by atoms with E-state index in [0.717, 1.165) is 4.96 Å². The Hall–Kier alpha value is -1.87. The molecule has 0 fully saturated rings. The van der Waals surface area contributed by atoms with E-state index < -0.39 is 0 Å². The highest BCUT2D eigenvalue weighted by atomic mass is 32.1. The minimum absolute atomic E-state index is 0.141. The van der Waals surface area contributed by atoms with Crippen LogP contribution < -0.4 is 5.32 Å². The van der Waals surface area contributed by atoms with E-state index >= 15 is 0 Å². The van der Waals surface area contributed by atoms with Gasteiger partial charge in [0.25, 0.3) is 0 Å². The lowest BCUT2D eigenvalue weighted by Gasteiger charge is -1.91. The third kappa shape index (κ3) is 1.58. The Morgan fingerprint density at radius 2 is 2.64 bits per heavy atom. The number of hydrogen-bond donors (Lipinski definition) is 1. The predicted octanol–water partition coefficient (Wildman–Crippen LogP) is 0.536. The quantitative estimate of drug-likeness (QED) is 0.575. The number of carbonyl (C=O) groups excluding carboxylic acids is 1. The molecule has 1 N–H and O–H groups in total. The molecular weight excluding hydrogens is 200 g/mol. The molecule has 2 rings (SSSR count). The Labute approximate surface area is 83.6 Å². The van der Waals surface area contributed by atoms with Crippen molar-refractivity contribution in [2.75, 3.05) is 0 Å². The summed E-state index contributed by atoms with van der Waals surface area (Å²) in [6, 6.07) is 0. The lowest BCUT2D eigenvalue weighted by Crippen LogP contribution is -2.19. The van der Waals surface area contributed by atoms with Crippen LogP contribution in [-0.2, 0) is 11.2 Å². The molecule has 0 aliphatic rings. The minimum atomic E-state index is -0.335. The number of nitrogens with one attached hydrogen (secondary N) is 1. The first kappa shape index (κ1) is 8.72. The average molecular weight is 206 g/mol. The molecule has 0 aliphatic heterocycles. The van der Waals surface area contributed by atoms with Crippen molar-refractivity contribution >= 4 is 22.2 Å². The normalized spacial score (nSPS) is 9.93. The van der Waals surface area contributed by atoms with Gasteiger partial charge in [-0.25, -0.2) is 4.98 Å². The molecular formula is C8H6N4OS. The number of imidazole rings is 1. The van der Waals surface area contributed by atoms with E-state index in [-0.39, 0.29) is 12.3 Å². The summed E-state index contributed by atoms with van der Waals surface area (Å²) in [6.07, 6.45) is 5.38. The van der Waals surface area contributed by atoms with Gasteiger partial charge in [-0.1, -0.05) is 0 Å². The van der Waals surface area contributed by atoms with Crippen molar-refractivity contribution in [2.24, 2.45) is 0 Å². The number of rotatable bonds is 2. The lowest BCUT2D eigenvalue weighted by molar-refractivity contribution is -0.119. The van der Waals surface area contributed by atoms with E-state index in [2.05, 4.69) is 10.3 Å². The molecule has 0 bridgehead atoms. The number of fused-ring (bicyclic) bond motifs is 1. The molecule has 0 radical (unpaired) electrons. The van der Waals surface area contributed by atoms with Gasteiger partial charge in [0.1, 0.15) is 0 Å². The van der Waals surface area contributed by atoms with Gasteiger partial charge in [0, 0.05) is 17.8 Å². The Morgan fingerprint density at radius 3 is 3.36 bits per heavy atom. The van der Waals surface area contributed by atoms with Crippen molar-refractivity contribution in [1.29, 1.82) is 5.26 Å². The van der Waals surface area contributed by atoms with Crippen molar-refractivity contribution in [3.63, 3.8) is 0 Å². The zero-order chi connectivity index (χ0) is 9.97. The van der Waals surface area contributed by atoms with Crippen LogP contribution in [0.4, 0.5) is 0 Å². The number of nitrogens with zero attached hydrogens (tertiary/aromatic N) is 3. The van der Waals surface area contributed by atoms with Crippen molar-refractivity contribution in [3.05, 3.63) is 23.5 Å². The van der Waals surface area contributed by atoms with Crippen LogP contribution in [0.2, 0.25) is 0 Å². The maximum atomic E-state index is 11.0. The molecule has 0 spiro atoms. The number of carbonyl (C=O) groups is 1. The zero-order valence-electron chi connectivity index (χ0n) is 7.10. The maximum Gasteiger partial charge on any atom is 0.239 e. The fourth-order valence-corrected chi connectivity index (χ4v) is 1.85. The SMILES string of the molecule is N#CNC(=O)Cc1cn2ccsc2n1. The molecule has 0 saturated carbocycles. The minimum Gasteiger partial charge on any atom is -0.297 e. The van der Waals surface area contributed by atoms with Gasteiger partial charge in [0.05, 0.1) is 12.1 Å². The Balaban J connectivity index is 2.16. The van der Waals surface area contributed by atoms with Crippen LogP contribution in [0, 0.1) is 11.5 Å². The van der Waals surface area contributed by atoms with Crippen molar-refractivity contribution in [3.8, 4) is 6.19 Å². The fraction of sp³-hybridized carbons (Fsp3) is 0.125. The highest BCUT2D eigenvalue weighted by Crippen LogP contribution is 2.11. The predicted molar refractivity (Wildman–Crippen MR) is 50.5 cm³/mol. The van der Waals surface area contributed by atoms with Crippen LogP contribution in [0.15, 0.2) is 17.8 Å². The molecule has 0 unspecified atom stereocenters. The summed E-state index contributed by atoms with van der Waals surface area (Å²) in [6.45, 7) is 0. The largest absolute Gasteiger partial charge is 0.297 e. The van der Waals surface area contributed by atoms with Crippen LogP contribution in [0.25, 0.3) is 4.96 Å². The van der Waals surface area contributed by atoms with E-state index in [0.29, 0.717) is 5.69 Å². The van der Waals surface area contributed by atoms with Gasteiger partial charge in [-0.05, 0) is 0 Å². The van der Waals surface area contributed by atoms with Gasteiger partial charge in [-0.3, -0.25) is 14.5 Å². The fourth-order valence-electron chi connectivity index (χ4n) is 1.13. The molecule has 6 heteroatoms. The van der Waals surface area contributed by atoms with Gasteiger partial charge in [0.2, 0.25) is 5.91 Å². The highest BCUT2D eigenvalue weighted by molar-refractivity contribution is 7.15. The molecule has 0 aliphatic carbocycles. The van der Waals surface area contributed by atoms with E-state index in [4.69, 9.17) is 5.26 Å². The van der Waals surface area contributed by atoms with Gasteiger partial charge >= 0.3 is 0 Å². The molecule has 14 heavy (non-hydrogen) atoms. The van der Waals surface area contributed by atoms with Crippen LogP contribution >= 0.6 is 11.3 Å². The summed E-state index contributed by atoms with van der Waals surface area (Å²) < 4.78 is 1.85. The van der Waals surface area contributed by atoms with Crippen LogP contribution in [0.3, 0.4) is 0 Å². The molecule has 1 amide bonds. The number of amides is 1. The van der Waals surface area contributed by atoms with E-state index in [1.165, 1.54) is 11.3 Å². The second-order valence-corrected chi connectivity index (χ2v) is 3.53. The maximum absolute atomic E-state index is 11.0. The summed E-state index contributed by atoms with van der Waals surface area (Å²) in [5.74, 6) is -0.335. The van der Waals surface area contributed by atoms with Gasteiger partial charge < -0.3 is 0 Å². The first-order valence-electron chi connectivity index (χ1n) is 3.88. The number of hydrogen-bond acceptors (Lipinski definition) is 4. The van der Waals surface area contributed by atoms with Gasteiger partial charge in [-0.2, -0.15) is 5.26 Å². The summed E-state index contributed by atoms with van der Waals surface area (Å²) >= 11 is 1.50. The van der Waals surface area contributed by atoms with E-state index in [1.807, 2.05) is 16.0 Å². The lowest BCUT2D eigenvalue weighted by atomic mass is 10.3. The van der Waals surface area contributed by atoms with Crippen molar-refractivity contribution < 1.29 is 4.79 Å². The highest BCUT2D eigenvalue weighted by Gasteiger charge is 2.07. The average Bonchev–Trinajstić information content (AvgIpc) is 2.63. The standard InChI is InChI=1S/C8H6N4OS/c9-5-10-7(13)3-6-4-12-1-2-14-8(12)11-6/h1-2,4H,3H2,(H,10,13). The van der Waals surface area contributed by atoms with Crippen LogP contribution in [0.1, 0.15) is 5.69 Å². The summed E-state index contributed by atoms with van der Waals surface area (Å²) in [7, 11) is 0. The van der Waals surface area contributed by atoms with Crippen molar-refractivity contribution in [1.82, 2.24) is 14.7 Å². The molecule has 70 valence electrons. The molecule has 0 saturated heterocycles. The third-order valence-electron chi connectivity index (χ3n) is 1.68. The molecule has 0 aromatic carbocycles. The van der Waals surface area contributed by atoms with Gasteiger partial charge in [-0.15, -0.1) is 11.3 Å². The first-order chi connectivity index (χ1) is 6.79. The van der Waals surface area contributed by atoms with Crippen LogP contribution in [-0.4, -0.2) is 15.3 Å². The van der Waals surface area contributed by atoms with Crippen molar-refractivity contribution in [2.45, 2.75) is 6.42 Å². The molecule has 0 atom stereocenters. The molecule has 2 aromatic heterocycles. The smallest absolute Gasteiger partial charge is 0.239 e. The summed E-state index contributed by atoms with van der Waals surface area (Å²) in [4.78, 5) is 16.1. The van der Waals surface area contributed by atoms with E-state index in [9.17, 15) is 4.79 Å². The Bertz CT molecular complexity index is 478. The van der Waals surface area contributed by atoms with Gasteiger partial charge in [0.15, 0.2) is 11.2 Å². The summed E-state index contributed by atoms with van der Waals surface area (Å²) in [5.41, 5.74) is 0.671. The summed E-state index contributed by atoms with van der Waals surface area (Å²) in [5, 5.41) is 12.2. The van der Waals surface area contributed by atoms with Crippen LogP contribution in [0.5, 0.6) is 0 Å². The first-order valence-corrected chi connectivity index (χ1v) is 4.76. The number of nitriles is 1. The second kappa shape index (κ2) is 3.47. The molecule has 2 heterocycles. The molecule has 5 nitrogen and oxygen atoms in total. The Kier molecular flexibility index (Phi) is 2.16. The molecule has 2 aromatic rings.